The van der Waals surface area contributed by atoms with E-state index in [0.717, 1.165) is 5.39 Å². The molecule has 1 aliphatic heterocycles. The predicted octanol–water partition coefficient (Wildman–Crippen LogP) is 3.89. The number of carbonyl (C=O) groups is 2. The number of ketones is 1. The first kappa shape index (κ1) is 18.9. The summed E-state index contributed by atoms with van der Waals surface area (Å²) < 4.78 is 13.1. The number of benzene rings is 1. The van der Waals surface area contributed by atoms with Gasteiger partial charge in [0.25, 0.3) is 5.91 Å². The molecule has 1 aliphatic rings. The van der Waals surface area contributed by atoms with Crippen LogP contribution in [0.15, 0.2) is 87.6 Å². The summed E-state index contributed by atoms with van der Waals surface area (Å²) in [6, 6.07) is 11.4. The average molecular weight is 417 g/mol. The van der Waals surface area contributed by atoms with Crippen molar-refractivity contribution >= 4 is 22.7 Å². The Morgan fingerprint density at radius 2 is 2.03 bits per heavy atom. The fraction of sp³-hybridized carbons (Fsp3) is 0.174. The molecule has 156 valence electrons. The van der Waals surface area contributed by atoms with Gasteiger partial charge in [-0.15, -0.1) is 0 Å². The number of aliphatic hydroxyl groups excluding tert-OH is 1. The minimum Gasteiger partial charge on any atom is -0.503 e. The third-order valence-electron chi connectivity index (χ3n) is 5.38. The lowest BCUT2D eigenvalue weighted by atomic mass is 9.99. The van der Waals surface area contributed by atoms with Gasteiger partial charge in [-0.05, 0) is 30.7 Å². The number of para-hydroxylation sites is 1. The number of aliphatic hydroxyl groups is 1. The van der Waals surface area contributed by atoms with E-state index in [9.17, 15) is 14.7 Å². The Kier molecular flexibility index (Phi) is 4.66. The van der Waals surface area contributed by atoms with Gasteiger partial charge >= 0.3 is 0 Å². The van der Waals surface area contributed by atoms with Gasteiger partial charge in [0.2, 0.25) is 5.78 Å². The molecule has 1 N–H and O–H groups in total. The number of hydrogen-bond donors (Lipinski definition) is 1. The summed E-state index contributed by atoms with van der Waals surface area (Å²) in [5.41, 5.74) is 0.517. The van der Waals surface area contributed by atoms with Crippen molar-refractivity contribution in [1.29, 1.82) is 0 Å². The van der Waals surface area contributed by atoms with Crippen molar-refractivity contribution in [2.45, 2.75) is 19.0 Å². The summed E-state index contributed by atoms with van der Waals surface area (Å²) in [7, 11) is 0. The molecule has 0 spiro atoms. The highest BCUT2D eigenvalue weighted by atomic mass is 16.3. The van der Waals surface area contributed by atoms with Gasteiger partial charge < -0.3 is 23.4 Å². The fourth-order valence-corrected chi connectivity index (χ4v) is 3.93. The number of imidazole rings is 1. The van der Waals surface area contributed by atoms with Crippen molar-refractivity contribution in [1.82, 2.24) is 14.5 Å². The maximum absolute atomic E-state index is 13.3. The number of aromatic nitrogens is 2. The summed E-state index contributed by atoms with van der Waals surface area (Å²) in [4.78, 5) is 31.7. The smallest absolute Gasteiger partial charge is 0.290 e. The molecule has 4 heterocycles. The number of furan rings is 2. The Bertz CT molecular complexity index is 1230. The second kappa shape index (κ2) is 7.64. The Labute approximate surface area is 177 Å². The van der Waals surface area contributed by atoms with Crippen molar-refractivity contribution in [3.8, 4) is 0 Å². The van der Waals surface area contributed by atoms with Crippen LogP contribution >= 0.6 is 0 Å². The van der Waals surface area contributed by atoms with Crippen molar-refractivity contribution in [3.63, 3.8) is 0 Å². The molecule has 0 fully saturated rings. The molecule has 0 aliphatic carbocycles. The van der Waals surface area contributed by atoms with E-state index in [0.29, 0.717) is 30.9 Å². The normalized spacial score (nSPS) is 16.6. The molecule has 1 amide bonds. The molecule has 4 aromatic rings. The highest BCUT2D eigenvalue weighted by Gasteiger charge is 2.45. The number of fused-ring (bicyclic) bond motifs is 1. The molecule has 8 heteroatoms. The molecule has 0 saturated carbocycles. The zero-order valence-electron chi connectivity index (χ0n) is 16.5. The van der Waals surface area contributed by atoms with Crippen LogP contribution in [0, 0.1) is 0 Å². The quantitative estimate of drug-likeness (QED) is 0.458. The molecule has 1 aromatic carbocycles. The number of Topliss-reactive ketones (excluding diaryl/α,β-unsaturated/α-hetero) is 1. The van der Waals surface area contributed by atoms with E-state index in [1.54, 1.807) is 36.8 Å². The van der Waals surface area contributed by atoms with Crippen molar-refractivity contribution < 1.29 is 23.5 Å². The van der Waals surface area contributed by atoms with E-state index in [1.165, 1.54) is 11.2 Å². The van der Waals surface area contributed by atoms with E-state index in [-0.39, 0.29) is 11.3 Å². The number of amides is 1. The first-order valence-electron chi connectivity index (χ1n) is 9.90. The van der Waals surface area contributed by atoms with Crippen LogP contribution < -0.4 is 0 Å². The molecule has 0 saturated heterocycles. The Morgan fingerprint density at radius 3 is 2.77 bits per heavy atom. The van der Waals surface area contributed by atoms with Gasteiger partial charge in [0, 0.05) is 30.9 Å². The third kappa shape index (κ3) is 3.31. The van der Waals surface area contributed by atoms with Crippen LogP contribution in [0.25, 0.3) is 11.0 Å². The molecule has 3 aromatic heterocycles. The van der Waals surface area contributed by atoms with E-state index in [4.69, 9.17) is 8.83 Å². The maximum Gasteiger partial charge on any atom is 0.290 e. The Hall–Kier alpha value is -4.07. The van der Waals surface area contributed by atoms with Crippen LogP contribution in [0.3, 0.4) is 0 Å². The predicted molar refractivity (Wildman–Crippen MR) is 110 cm³/mol. The molecule has 1 atom stereocenters. The average Bonchev–Trinajstić information content (AvgIpc) is 3.57. The third-order valence-corrected chi connectivity index (χ3v) is 5.38. The van der Waals surface area contributed by atoms with Gasteiger partial charge in [0.15, 0.2) is 11.5 Å². The summed E-state index contributed by atoms with van der Waals surface area (Å²) in [5, 5.41) is 11.4. The standard InChI is InChI=1S/C23H19N3O5/c27-21(18-13-15-5-1-2-6-16(15)31-18)19-20(17-7-3-12-30-17)26(23(29)22(19)28)10-4-9-25-11-8-24-14-25/h1-3,5-8,11-14,20,28H,4,9-10H2. The first-order chi connectivity index (χ1) is 15.1. The van der Waals surface area contributed by atoms with Gasteiger partial charge in [-0.2, -0.15) is 0 Å². The molecule has 31 heavy (non-hydrogen) atoms. The van der Waals surface area contributed by atoms with Gasteiger partial charge in [0.1, 0.15) is 17.4 Å². The van der Waals surface area contributed by atoms with Crippen LogP contribution in [-0.2, 0) is 11.3 Å². The minimum absolute atomic E-state index is 0.0402. The SMILES string of the molecule is O=C(C1=C(O)C(=O)N(CCCn2ccnc2)C1c1ccco1)c1cc2ccccc2o1. The van der Waals surface area contributed by atoms with E-state index in [1.807, 2.05) is 29.0 Å². The fourth-order valence-electron chi connectivity index (χ4n) is 3.93. The number of nitrogens with zero attached hydrogens (tertiary/aromatic N) is 3. The highest BCUT2D eigenvalue weighted by molar-refractivity contribution is 6.15. The largest absolute Gasteiger partial charge is 0.503 e. The lowest BCUT2D eigenvalue weighted by Crippen LogP contribution is -2.32. The maximum atomic E-state index is 13.3. The summed E-state index contributed by atoms with van der Waals surface area (Å²) in [5.74, 6) is -1.26. The lowest BCUT2D eigenvalue weighted by molar-refractivity contribution is -0.129. The molecule has 0 radical (unpaired) electrons. The molecule has 5 rings (SSSR count). The zero-order valence-corrected chi connectivity index (χ0v) is 16.5. The molecule has 8 nitrogen and oxygen atoms in total. The number of rotatable bonds is 7. The molecular formula is C23H19N3O5. The van der Waals surface area contributed by atoms with Crippen LogP contribution in [0.1, 0.15) is 28.8 Å². The number of hydrogen-bond acceptors (Lipinski definition) is 6. The van der Waals surface area contributed by atoms with Crippen LogP contribution in [0.2, 0.25) is 0 Å². The number of aryl methyl sites for hydroxylation is 1. The Morgan fingerprint density at radius 1 is 1.16 bits per heavy atom. The summed E-state index contributed by atoms with van der Waals surface area (Å²) in [6.45, 7) is 0.964. The second-order valence-corrected chi connectivity index (χ2v) is 7.31. The van der Waals surface area contributed by atoms with Gasteiger partial charge in [0.05, 0.1) is 18.2 Å². The van der Waals surface area contributed by atoms with Gasteiger partial charge in [-0.25, -0.2) is 4.98 Å². The van der Waals surface area contributed by atoms with Gasteiger partial charge in [-0.1, -0.05) is 18.2 Å². The van der Waals surface area contributed by atoms with Crippen LogP contribution in [0.4, 0.5) is 0 Å². The molecule has 0 bridgehead atoms. The van der Waals surface area contributed by atoms with Crippen LogP contribution in [0.5, 0.6) is 0 Å². The minimum atomic E-state index is -0.828. The summed E-state index contributed by atoms with van der Waals surface area (Å²) >= 11 is 0. The topological polar surface area (TPSA) is 102 Å². The zero-order chi connectivity index (χ0) is 21.4. The molecular weight excluding hydrogens is 398 g/mol. The van der Waals surface area contributed by atoms with Gasteiger partial charge in [-0.3, -0.25) is 9.59 Å². The first-order valence-corrected chi connectivity index (χ1v) is 9.90. The number of carbonyl (C=O) groups excluding carboxylic acids is 2. The van der Waals surface area contributed by atoms with E-state index < -0.39 is 23.5 Å². The van der Waals surface area contributed by atoms with E-state index in [2.05, 4.69) is 4.98 Å². The van der Waals surface area contributed by atoms with Crippen molar-refractivity contribution in [2.24, 2.45) is 0 Å². The second-order valence-electron chi connectivity index (χ2n) is 7.31. The summed E-state index contributed by atoms with van der Waals surface area (Å²) in [6.07, 6.45) is 7.30. The monoisotopic (exact) mass is 417 g/mol. The highest BCUT2D eigenvalue weighted by Crippen LogP contribution is 2.39. The van der Waals surface area contributed by atoms with Crippen molar-refractivity contribution in [3.05, 3.63) is 90.3 Å². The van der Waals surface area contributed by atoms with Crippen LogP contribution in [-0.4, -0.2) is 37.8 Å². The molecule has 1 unspecified atom stereocenters. The van der Waals surface area contributed by atoms with Crippen molar-refractivity contribution in [2.75, 3.05) is 6.54 Å². The lowest BCUT2D eigenvalue weighted by Gasteiger charge is -2.24. The Balaban J connectivity index is 1.47. The van der Waals surface area contributed by atoms with E-state index >= 15 is 0 Å².